The lowest BCUT2D eigenvalue weighted by Gasteiger charge is -2.09. The molecule has 2 aromatic heterocycles. The van der Waals surface area contributed by atoms with Crippen LogP contribution >= 0.6 is 0 Å². The number of carbonyl (C=O) groups excluding carboxylic acids is 1. The smallest absolute Gasteiger partial charge is 0.262 e. The molecule has 1 atom stereocenters. The van der Waals surface area contributed by atoms with Crippen LogP contribution in [0.2, 0.25) is 0 Å². The summed E-state index contributed by atoms with van der Waals surface area (Å²) in [6.07, 6.45) is 1.18. The van der Waals surface area contributed by atoms with E-state index in [0.29, 0.717) is 5.65 Å². The maximum absolute atomic E-state index is 13.0. The molecule has 1 saturated heterocycles. The first-order valence-corrected chi connectivity index (χ1v) is 5.77. The normalized spacial score (nSPS) is 21.7. The molecular weight excluding hydrogens is 256 g/mol. The van der Waals surface area contributed by atoms with E-state index in [0.717, 1.165) is 0 Å². The van der Waals surface area contributed by atoms with Crippen LogP contribution in [0.25, 0.3) is 5.65 Å². The van der Waals surface area contributed by atoms with Crippen LogP contribution in [0.1, 0.15) is 6.42 Å². The van der Waals surface area contributed by atoms with Gasteiger partial charge in [-0.1, -0.05) is 6.07 Å². The van der Waals surface area contributed by atoms with Gasteiger partial charge in [0.25, 0.3) is 5.92 Å². The maximum atomic E-state index is 13.0. The first kappa shape index (κ1) is 12.0. The number of nitrogens with zero attached hydrogens (tertiary/aromatic N) is 3. The van der Waals surface area contributed by atoms with Crippen LogP contribution < -0.4 is 10.6 Å². The molecule has 100 valence electrons. The molecule has 2 N–H and O–H groups in total. The average molecular weight is 267 g/mol. The third-order valence-corrected chi connectivity index (χ3v) is 2.98. The minimum atomic E-state index is -2.84. The quantitative estimate of drug-likeness (QED) is 0.838. The second-order valence-electron chi connectivity index (χ2n) is 4.44. The Morgan fingerprint density at radius 3 is 3.05 bits per heavy atom. The molecule has 0 saturated carbocycles. The van der Waals surface area contributed by atoms with Gasteiger partial charge in [0.1, 0.15) is 0 Å². The number of halogens is 2. The van der Waals surface area contributed by atoms with Crippen molar-refractivity contribution in [3.8, 4) is 0 Å². The van der Waals surface area contributed by atoms with Crippen LogP contribution in [0.4, 0.5) is 14.7 Å². The van der Waals surface area contributed by atoms with Crippen LogP contribution in [-0.2, 0) is 4.79 Å². The van der Waals surface area contributed by atoms with Crippen molar-refractivity contribution in [3.63, 3.8) is 0 Å². The summed E-state index contributed by atoms with van der Waals surface area (Å²) in [4.78, 5) is 11.9. The Kier molecular flexibility index (Phi) is 2.67. The van der Waals surface area contributed by atoms with Gasteiger partial charge in [-0.05, 0) is 12.1 Å². The van der Waals surface area contributed by atoms with E-state index >= 15 is 0 Å². The Hall–Kier alpha value is -2.09. The largest absolute Gasteiger partial charge is 0.300 e. The average Bonchev–Trinajstić information content (AvgIpc) is 2.94. The number of rotatable bonds is 2. The number of anilines is 1. The van der Waals surface area contributed by atoms with Crippen LogP contribution in [0.5, 0.6) is 0 Å². The molecule has 0 radical (unpaired) electrons. The molecule has 6 nitrogen and oxygen atoms in total. The summed E-state index contributed by atoms with van der Waals surface area (Å²) in [5.74, 6) is -3.15. The van der Waals surface area contributed by atoms with Crippen LogP contribution in [0.3, 0.4) is 0 Å². The molecule has 1 fully saturated rings. The number of hydrogen-bond donors (Lipinski definition) is 2. The second kappa shape index (κ2) is 4.23. The predicted octanol–water partition coefficient (Wildman–Crippen LogP) is 0.665. The Morgan fingerprint density at radius 2 is 2.32 bits per heavy atom. The van der Waals surface area contributed by atoms with Gasteiger partial charge < -0.3 is 0 Å². The molecule has 19 heavy (non-hydrogen) atoms. The SMILES string of the molecule is O=C(Nc1nnc2ccccn12)C1CC(F)(F)CN1. The van der Waals surface area contributed by atoms with Crippen molar-refractivity contribution in [3.05, 3.63) is 24.4 Å². The number of hydrogen-bond acceptors (Lipinski definition) is 4. The van der Waals surface area contributed by atoms with Gasteiger partial charge in [-0.3, -0.25) is 19.8 Å². The summed E-state index contributed by atoms with van der Waals surface area (Å²) in [5, 5.41) is 12.7. The number of amides is 1. The molecule has 2 aromatic rings. The van der Waals surface area contributed by atoms with E-state index in [9.17, 15) is 13.6 Å². The van der Waals surface area contributed by atoms with Gasteiger partial charge in [0.05, 0.1) is 12.6 Å². The highest BCUT2D eigenvalue weighted by molar-refractivity contribution is 5.94. The topological polar surface area (TPSA) is 71.3 Å². The minimum absolute atomic E-state index is 0.220. The van der Waals surface area contributed by atoms with E-state index in [1.807, 2.05) is 0 Å². The van der Waals surface area contributed by atoms with Crippen molar-refractivity contribution in [2.24, 2.45) is 0 Å². The predicted molar refractivity (Wildman–Crippen MR) is 63.0 cm³/mol. The van der Waals surface area contributed by atoms with Gasteiger partial charge in [0.15, 0.2) is 5.65 Å². The number of pyridine rings is 1. The zero-order valence-corrected chi connectivity index (χ0v) is 9.81. The van der Waals surface area contributed by atoms with Crippen molar-refractivity contribution in [2.75, 3.05) is 11.9 Å². The minimum Gasteiger partial charge on any atom is -0.300 e. The van der Waals surface area contributed by atoms with Gasteiger partial charge in [-0.15, -0.1) is 10.2 Å². The summed E-state index contributed by atoms with van der Waals surface area (Å²) in [6, 6.07) is 4.36. The standard InChI is InChI=1S/C11H11F2N5O/c12-11(13)5-7(14-6-11)9(19)15-10-17-16-8-3-1-2-4-18(8)10/h1-4,7,14H,5-6H2,(H,15,17,19). The molecule has 0 bridgehead atoms. The Balaban J connectivity index is 1.77. The highest BCUT2D eigenvalue weighted by atomic mass is 19.3. The van der Waals surface area contributed by atoms with E-state index in [-0.39, 0.29) is 5.95 Å². The number of carbonyl (C=O) groups is 1. The zero-order valence-electron chi connectivity index (χ0n) is 9.81. The lowest BCUT2D eigenvalue weighted by Crippen LogP contribution is -2.36. The van der Waals surface area contributed by atoms with E-state index in [1.165, 1.54) is 0 Å². The fourth-order valence-corrected chi connectivity index (χ4v) is 2.02. The monoisotopic (exact) mass is 267 g/mol. The van der Waals surface area contributed by atoms with Gasteiger partial charge >= 0.3 is 0 Å². The molecular formula is C11H11F2N5O. The van der Waals surface area contributed by atoms with Crippen LogP contribution in [0.15, 0.2) is 24.4 Å². The molecule has 1 unspecified atom stereocenters. The number of fused-ring (bicyclic) bond motifs is 1. The summed E-state index contributed by atoms with van der Waals surface area (Å²) < 4.78 is 27.6. The lowest BCUT2D eigenvalue weighted by atomic mass is 10.2. The van der Waals surface area contributed by atoms with Crippen LogP contribution in [-0.4, -0.2) is 39.0 Å². The van der Waals surface area contributed by atoms with E-state index in [2.05, 4.69) is 20.8 Å². The van der Waals surface area contributed by atoms with E-state index < -0.39 is 30.8 Å². The van der Waals surface area contributed by atoms with Gasteiger partial charge in [-0.2, -0.15) is 0 Å². The van der Waals surface area contributed by atoms with Crippen molar-refractivity contribution < 1.29 is 13.6 Å². The fraction of sp³-hybridized carbons (Fsp3) is 0.364. The third-order valence-electron chi connectivity index (χ3n) is 2.98. The number of alkyl halides is 2. The third kappa shape index (κ3) is 2.26. The molecule has 8 heteroatoms. The molecule has 0 aliphatic carbocycles. The molecule has 1 aliphatic heterocycles. The number of aromatic nitrogens is 3. The zero-order chi connectivity index (χ0) is 13.5. The van der Waals surface area contributed by atoms with Crippen molar-refractivity contribution >= 4 is 17.5 Å². The molecule has 1 aliphatic rings. The maximum Gasteiger partial charge on any atom is 0.262 e. The number of nitrogens with one attached hydrogen (secondary N) is 2. The summed E-state index contributed by atoms with van der Waals surface area (Å²) in [7, 11) is 0. The molecule has 3 heterocycles. The van der Waals surface area contributed by atoms with Gasteiger partial charge in [-0.25, -0.2) is 8.78 Å². The summed E-state index contributed by atoms with van der Waals surface area (Å²) >= 11 is 0. The first-order valence-electron chi connectivity index (χ1n) is 5.77. The highest BCUT2D eigenvalue weighted by Crippen LogP contribution is 2.25. The van der Waals surface area contributed by atoms with Gasteiger partial charge in [0, 0.05) is 12.6 Å². The Labute approximate surface area is 106 Å². The highest BCUT2D eigenvalue weighted by Gasteiger charge is 2.42. The Bertz CT molecular complexity index is 626. The fourth-order valence-electron chi connectivity index (χ4n) is 2.02. The Morgan fingerprint density at radius 1 is 1.47 bits per heavy atom. The van der Waals surface area contributed by atoms with Crippen molar-refractivity contribution in [2.45, 2.75) is 18.4 Å². The molecule has 0 aromatic carbocycles. The van der Waals surface area contributed by atoms with Crippen LogP contribution in [0, 0.1) is 0 Å². The molecule has 1 amide bonds. The van der Waals surface area contributed by atoms with Crippen molar-refractivity contribution in [1.29, 1.82) is 0 Å². The summed E-state index contributed by atoms with van der Waals surface area (Å²) in [5.41, 5.74) is 0.572. The first-order chi connectivity index (χ1) is 9.05. The molecule has 0 spiro atoms. The lowest BCUT2D eigenvalue weighted by molar-refractivity contribution is -0.118. The summed E-state index contributed by atoms with van der Waals surface area (Å²) in [6.45, 7) is -0.480. The van der Waals surface area contributed by atoms with E-state index in [1.54, 1.807) is 28.8 Å². The van der Waals surface area contributed by atoms with Gasteiger partial charge in [0.2, 0.25) is 11.9 Å². The second-order valence-corrected chi connectivity index (χ2v) is 4.44. The van der Waals surface area contributed by atoms with Crippen molar-refractivity contribution in [1.82, 2.24) is 19.9 Å². The van der Waals surface area contributed by atoms with E-state index in [4.69, 9.17) is 0 Å². The molecule has 3 rings (SSSR count).